The Balaban J connectivity index is 3.82. The first-order valence-electron chi connectivity index (χ1n) is 5.15. The maximum absolute atomic E-state index is 13.9. The Hall–Kier alpha value is -1.44. The molecule has 106 valence electrons. The smallest absolute Gasteiger partial charge is 0.294 e. The Morgan fingerprint density at radius 1 is 1.26 bits per heavy atom. The number of Topliss-reactive ketones (excluding diaryl/α,β-unsaturated/α-hetero) is 1. The molecular formula is C11H10F4O3S. The van der Waals surface area contributed by atoms with Gasteiger partial charge in [-0.25, -0.2) is 12.8 Å². The fourth-order valence-corrected chi connectivity index (χ4v) is 2.69. The monoisotopic (exact) mass is 298 g/mol. The van der Waals surface area contributed by atoms with E-state index in [1.807, 2.05) is 0 Å². The molecule has 19 heavy (non-hydrogen) atoms. The predicted molar refractivity (Wildman–Crippen MR) is 59.1 cm³/mol. The van der Waals surface area contributed by atoms with E-state index in [1.54, 1.807) is 0 Å². The third kappa shape index (κ3) is 2.94. The number of halogens is 4. The average molecular weight is 298 g/mol. The van der Waals surface area contributed by atoms with Gasteiger partial charge in [0.1, 0.15) is 4.90 Å². The highest BCUT2D eigenvalue weighted by Crippen LogP contribution is 2.37. The van der Waals surface area contributed by atoms with Crippen LogP contribution in [0.25, 0.3) is 0 Å². The molecule has 0 atom stereocenters. The van der Waals surface area contributed by atoms with Crippen LogP contribution < -0.4 is 0 Å². The minimum absolute atomic E-state index is 0.405. The molecule has 3 nitrogen and oxygen atoms in total. The fraction of sp³-hybridized carbons (Fsp3) is 0.364. The van der Waals surface area contributed by atoms with Gasteiger partial charge in [-0.1, -0.05) is 6.92 Å². The van der Waals surface area contributed by atoms with Crippen molar-refractivity contribution in [1.82, 2.24) is 0 Å². The van der Waals surface area contributed by atoms with Gasteiger partial charge < -0.3 is 0 Å². The second-order valence-corrected chi connectivity index (χ2v) is 5.98. The van der Waals surface area contributed by atoms with E-state index < -0.39 is 49.4 Å². The van der Waals surface area contributed by atoms with Crippen molar-refractivity contribution in [2.45, 2.75) is 24.9 Å². The quantitative estimate of drug-likeness (QED) is 0.637. The van der Waals surface area contributed by atoms with Crippen molar-refractivity contribution in [3.05, 3.63) is 29.1 Å². The van der Waals surface area contributed by atoms with Crippen molar-refractivity contribution in [3.63, 3.8) is 0 Å². The maximum Gasteiger partial charge on any atom is 0.417 e. The average Bonchev–Trinajstić information content (AvgIpc) is 2.26. The summed E-state index contributed by atoms with van der Waals surface area (Å²) in [7, 11) is -4.45. The Labute approximate surface area is 107 Å². The summed E-state index contributed by atoms with van der Waals surface area (Å²) in [5.41, 5.74) is -2.28. The van der Waals surface area contributed by atoms with Gasteiger partial charge in [-0.15, -0.1) is 0 Å². The van der Waals surface area contributed by atoms with Gasteiger partial charge in [0.25, 0.3) is 0 Å². The van der Waals surface area contributed by atoms with Crippen LogP contribution in [-0.2, 0) is 16.0 Å². The number of alkyl halides is 3. The molecule has 0 N–H and O–H groups in total. The number of hydrogen-bond acceptors (Lipinski definition) is 3. The molecule has 0 saturated heterocycles. The first-order valence-corrected chi connectivity index (χ1v) is 6.81. The van der Waals surface area contributed by atoms with Crippen LogP contribution in [0.15, 0.2) is 17.0 Å². The van der Waals surface area contributed by atoms with E-state index in [0.29, 0.717) is 12.1 Å². The van der Waals surface area contributed by atoms with Gasteiger partial charge in [0.15, 0.2) is 21.4 Å². The molecule has 0 fully saturated rings. The fourth-order valence-electron chi connectivity index (χ4n) is 1.50. The van der Waals surface area contributed by atoms with E-state index in [4.69, 9.17) is 0 Å². The molecule has 0 unspecified atom stereocenters. The number of ketones is 1. The highest BCUT2D eigenvalue weighted by Gasteiger charge is 2.39. The zero-order valence-corrected chi connectivity index (χ0v) is 10.8. The molecule has 0 amide bonds. The summed E-state index contributed by atoms with van der Waals surface area (Å²) >= 11 is 0. The summed E-state index contributed by atoms with van der Waals surface area (Å²) in [6.07, 6.45) is -5.02. The molecule has 0 aromatic heterocycles. The van der Waals surface area contributed by atoms with Crippen LogP contribution in [0.2, 0.25) is 0 Å². The second-order valence-electron chi connectivity index (χ2n) is 3.76. The molecule has 0 aliphatic rings. The molecule has 1 aromatic carbocycles. The van der Waals surface area contributed by atoms with Gasteiger partial charge in [-0.05, 0) is 19.1 Å². The van der Waals surface area contributed by atoms with Crippen molar-refractivity contribution in [1.29, 1.82) is 0 Å². The Morgan fingerprint density at radius 2 is 1.79 bits per heavy atom. The first-order chi connectivity index (χ1) is 8.52. The molecule has 0 saturated carbocycles. The standard InChI is InChI=1S/C11H10F4O3S/c1-3-19(17,18)10-8(11(13,14)15)5-4-7(6(2)16)9(10)12/h4-5H,3H2,1-2H3. The van der Waals surface area contributed by atoms with Crippen LogP contribution in [0.1, 0.15) is 29.8 Å². The third-order valence-electron chi connectivity index (χ3n) is 2.47. The number of benzene rings is 1. The zero-order valence-electron chi connectivity index (χ0n) is 10.0. The van der Waals surface area contributed by atoms with Crippen LogP contribution in [0.4, 0.5) is 17.6 Å². The second kappa shape index (κ2) is 4.92. The predicted octanol–water partition coefficient (Wildman–Crippen LogP) is 2.84. The van der Waals surface area contributed by atoms with Gasteiger partial charge in [-0.3, -0.25) is 4.79 Å². The number of carbonyl (C=O) groups excluding carboxylic acids is 1. The third-order valence-corrected chi connectivity index (χ3v) is 4.25. The lowest BCUT2D eigenvalue weighted by molar-refractivity contribution is -0.140. The van der Waals surface area contributed by atoms with E-state index in [-0.39, 0.29) is 0 Å². The van der Waals surface area contributed by atoms with Crippen molar-refractivity contribution in [3.8, 4) is 0 Å². The zero-order chi connectivity index (χ0) is 15.0. The van der Waals surface area contributed by atoms with Gasteiger partial charge in [0, 0.05) is 0 Å². The van der Waals surface area contributed by atoms with E-state index in [2.05, 4.69) is 0 Å². The minimum Gasteiger partial charge on any atom is -0.294 e. The van der Waals surface area contributed by atoms with Gasteiger partial charge >= 0.3 is 6.18 Å². The van der Waals surface area contributed by atoms with Crippen LogP contribution in [-0.4, -0.2) is 20.0 Å². The lowest BCUT2D eigenvalue weighted by atomic mass is 10.1. The normalized spacial score (nSPS) is 12.5. The van der Waals surface area contributed by atoms with E-state index in [9.17, 15) is 30.8 Å². The van der Waals surface area contributed by atoms with Crippen LogP contribution in [0.5, 0.6) is 0 Å². The molecule has 0 spiro atoms. The maximum atomic E-state index is 13.9. The largest absolute Gasteiger partial charge is 0.417 e. The summed E-state index contributed by atoms with van der Waals surface area (Å²) in [6, 6.07) is 1.04. The van der Waals surface area contributed by atoms with Crippen LogP contribution in [0.3, 0.4) is 0 Å². The molecule has 0 aliphatic heterocycles. The molecule has 8 heteroatoms. The first kappa shape index (κ1) is 15.6. The Bertz CT molecular complexity index is 618. The number of hydrogen-bond donors (Lipinski definition) is 0. The van der Waals surface area contributed by atoms with Crippen LogP contribution >= 0.6 is 0 Å². The van der Waals surface area contributed by atoms with Crippen molar-refractivity contribution in [2.75, 3.05) is 5.75 Å². The number of carbonyl (C=O) groups is 1. The van der Waals surface area contributed by atoms with Crippen molar-refractivity contribution in [2.24, 2.45) is 0 Å². The number of rotatable bonds is 3. The summed E-state index contributed by atoms with van der Waals surface area (Å²) < 4.78 is 75.3. The molecule has 1 aromatic rings. The molecule has 0 heterocycles. The van der Waals surface area contributed by atoms with E-state index in [1.165, 1.54) is 0 Å². The topological polar surface area (TPSA) is 51.2 Å². The summed E-state index contributed by atoms with van der Waals surface area (Å²) in [5.74, 6) is -3.20. The lowest BCUT2D eigenvalue weighted by Crippen LogP contribution is -2.18. The van der Waals surface area contributed by atoms with E-state index in [0.717, 1.165) is 13.8 Å². The Morgan fingerprint density at radius 3 is 2.16 bits per heavy atom. The molecule has 0 bridgehead atoms. The highest BCUT2D eigenvalue weighted by atomic mass is 32.2. The van der Waals surface area contributed by atoms with Gasteiger partial charge in [-0.2, -0.15) is 13.2 Å². The lowest BCUT2D eigenvalue weighted by Gasteiger charge is -2.14. The van der Waals surface area contributed by atoms with Crippen LogP contribution in [0, 0.1) is 5.82 Å². The summed E-state index contributed by atoms with van der Waals surface area (Å²) in [6.45, 7) is 2.03. The van der Waals surface area contributed by atoms with Crippen molar-refractivity contribution < 1.29 is 30.8 Å². The highest BCUT2D eigenvalue weighted by molar-refractivity contribution is 7.91. The molecule has 1 rings (SSSR count). The van der Waals surface area contributed by atoms with E-state index >= 15 is 0 Å². The Kier molecular flexibility index (Phi) is 4.04. The minimum atomic E-state index is -5.02. The molecule has 0 radical (unpaired) electrons. The van der Waals surface area contributed by atoms with Crippen molar-refractivity contribution >= 4 is 15.6 Å². The summed E-state index contributed by atoms with van der Waals surface area (Å²) in [4.78, 5) is 9.62. The number of sulfone groups is 1. The molecular weight excluding hydrogens is 288 g/mol. The molecule has 0 aliphatic carbocycles. The van der Waals surface area contributed by atoms with Gasteiger partial charge in [0.05, 0.1) is 16.9 Å². The SMILES string of the molecule is CCS(=O)(=O)c1c(C(F)(F)F)ccc(C(C)=O)c1F. The summed E-state index contributed by atoms with van der Waals surface area (Å²) in [5, 5.41) is 0. The van der Waals surface area contributed by atoms with Gasteiger partial charge in [0.2, 0.25) is 0 Å².